The number of rotatable bonds is 60. The molecule has 0 aromatic carbocycles. The van der Waals surface area contributed by atoms with E-state index in [1.54, 1.807) is 0 Å². The summed E-state index contributed by atoms with van der Waals surface area (Å²) in [4.78, 5) is 24.6. The molecule has 0 fully saturated rings. The highest BCUT2D eigenvalue weighted by molar-refractivity contribution is 5.76. The number of aliphatic hydroxyl groups is 2. The third kappa shape index (κ3) is 57.5. The molecule has 6 nitrogen and oxygen atoms in total. The zero-order valence-corrected chi connectivity index (χ0v) is 48.0. The number of ether oxygens (including phenoxy) is 1. The van der Waals surface area contributed by atoms with Crippen molar-refractivity contribution in [2.24, 2.45) is 0 Å². The SMILES string of the molecule is CCCCCCCCC/C=C\CCCCCCCCCC(=O)OCCCCCCCCCCC/C=C\CCCCCCCC(=O)NC(CO)C(O)CCCCCCCCCCCCCCCCCCCC. The molecule has 0 radical (unpaired) electrons. The van der Waals surface area contributed by atoms with Crippen molar-refractivity contribution < 1.29 is 24.5 Å². The van der Waals surface area contributed by atoms with Gasteiger partial charge in [0.25, 0.3) is 0 Å². The summed E-state index contributed by atoms with van der Waals surface area (Å²) >= 11 is 0. The molecule has 0 aliphatic carbocycles. The molecule has 0 bridgehead atoms. The number of unbranched alkanes of at least 4 members (excludes halogenated alkanes) is 45. The largest absolute Gasteiger partial charge is 0.466 e. The molecule has 0 aromatic rings. The molecule has 6 heteroatoms. The van der Waals surface area contributed by atoms with Crippen LogP contribution in [0.3, 0.4) is 0 Å². The van der Waals surface area contributed by atoms with Crippen molar-refractivity contribution in [3.63, 3.8) is 0 Å². The van der Waals surface area contributed by atoms with Crippen molar-refractivity contribution in [1.29, 1.82) is 0 Å². The van der Waals surface area contributed by atoms with Crippen LogP contribution in [0.1, 0.15) is 354 Å². The van der Waals surface area contributed by atoms with Gasteiger partial charge in [-0.2, -0.15) is 0 Å². The summed E-state index contributed by atoms with van der Waals surface area (Å²) in [5.41, 5.74) is 0. The first-order valence-electron chi connectivity index (χ1n) is 32.1. The fourth-order valence-corrected chi connectivity index (χ4v) is 10.0. The van der Waals surface area contributed by atoms with E-state index in [2.05, 4.69) is 43.5 Å². The highest BCUT2D eigenvalue weighted by Gasteiger charge is 2.20. The third-order valence-electron chi connectivity index (χ3n) is 15.0. The van der Waals surface area contributed by atoms with E-state index in [4.69, 9.17) is 4.74 Å². The summed E-state index contributed by atoms with van der Waals surface area (Å²) in [6.07, 6.45) is 74.7. The number of hydrogen-bond donors (Lipinski definition) is 3. The second-order valence-corrected chi connectivity index (χ2v) is 22.1. The van der Waals surface area contributed by atoms with Crippen molar-refractivity contribution in [3.05, 3.63) is 24.3 Å². The van der Waals surface area contributed by atoms with Crippen LogP contribution in [0.25, 0.3) is 0 Å². The fourth-order valence-electron chi connectivity index (χ4n) is 10.0. The number of esters is 1. The Balaban J connectivity index is 3.43. The minimum atomic E-state index is -0.673. The number of hydrogen-bond acceptors (Lipinski definition) is 5. The lowest BCUT2D eigenvalue weighted by molar-refractivity contribution is -0.143. The molecule has 0 saturated carbocycles. The Hall–Kier alpha value is -1.66. The van der Waals surface area contributed by atoms with E-state index >= 15 is 0 Å². The quantitative estimate of drug-likeness (QED) is 0.0320. The average molecular weight is 1000 g/mol. The molecule has 0 saturated heterocycles. The maximum absolute atomic E-state index is 12.5. The zero-order chi connectivity index (χ0) is 51.4. The van der Waals surface area contributed by atoms with Crippen LogP contribution in [-0.2, 0) is 14.3 Å². The molecule has 0 heterocycles. The predicted molar refractivity (Wildman–Crippen MR) is 310 cm³/mol. The summed E-state index contributed by atoms with van der Waals surface area (Å²) in [7, 11) is 0. The Kier molecular flexibility index (Phi) is 59.5. The summed E-state index contributed by atoms with van der Waals surface area (Å²) in [5, 5.41) is 23.3. The molecule has 71 heavy (non-hydrogen) atoms. The molecule has 0 spiro atoms. The van der Waals surface area contributed by atoms with E-state index in [1.165, 1.54) is 263 Å². The highest BCUT2D eigenvalue weighted by Crippen LogP contribution is 2.18. The Morgan fingerprint density at radius 2 is 0.662 bits per heavy atom. The monoisotopic (exact) mass is 1000 g/mol. The second kappa shape index (κ2) is 60.9. The van der Waals surface area contributed by atoms with Crippen LogP contribution in [0.15, 0.2) is 24.3 Å². The fraction of sp³-hybridized carbons (Fsp3) is 0.908. The van der Waals surface area contributed by atoms with E-state index in [9.17, 15) is 19.8 Å². The first kappa shape index (κ1) is 69.3. The lowest BCUT2D eigenvalue weighted by atomic mass is 10.0. The van der Waals surface area contributed by atoms with E-state index in [0.717, 1.165) is 57.8 Å². The molecule has 1 amide bonds. The van der Waals surface area contributed by atoms with Crippen molar-refractivity contribution >= 4 is 11.9 Å². The summed E-state index contributed by atoms with van der Waals surface area (Å²) in [6, 6.07) is -0.552. The van der Waals surface area contributed by atoms with Gasteiger partial charge in [0.05, 0.1) is 25.4 Å². The van der Waals surface area contributed by atoms with Crippen molar-refractivity contribution in [2.75, 3.05) is 13.2 Å². The molecular formula is C65H125NO5. The number of aliphatic hydroxyl groups excluding tert-OH is 2. The van der Waals surface area contributed by atoms with Crippen LogP contribution in [0.5, 0.6) is 0 Å². The maximum Gasteiger partial charge on any atom is 0.305 e. The van der Waals surface area contributed by atoms with Gasteiger partial charge < -0.3 is 20.3 Å². The third-order valence-corrected chi connectivity index (χ3v) is 15.0. The van der Waals surface area contributed by atoms with Crippen LogP contribution in [0, 0.1) is 0 Å². The van der Waals surface area contributed by atoms with Crippen molar-refractivity contribution in [3.8, 4) is 0 Å². The minimum absolute atomic E-state index is 0.000790. The second-order valence-electron chi connectivity index (χ2n) is 22.1. The zero-order valence-electron chi connectivity index (χ0n) is 48.0. The Labute approximate surface area is 443 Å². The van der Waals surface area contributed by atoms with Gasteiger partial charge in [0.1, 0.15) is 0 Å². The number of carbonyl (C=O) groups excluding carboxylic acids is 2. The number of amides is 1. The molecule has 0 aromatic heterocycles. The highest BCUT2D eigenvalue weighted by atomic mass is 16.5. The number of allylic oxidation sites excluding steroid dienone is 4. The van der Waals surface area contributed by atoms with Crippen LogP contribution in [-0.4, -0.2) is 47.4 Å². The van der Waals surface area contributed by atoms with E-state index in [0.29, 0.717) is 25.9 Å². The molecule has 3 N–H and O–H groups in total. The van der Waals surface area contributed by atoms with Gasteiger partial charge in [0.15, 0.2) is 0 Å². The number of nitrogens with one attached hydrogen (secondary N) is 1. The van der Waals surface area contributed by atoms with Crippen LogP contribution in [0.2, 0.25) is 0 Å². The molecule has 0 aliphatic heterocycles. The standard InChI is InChI=1S/C65H125NO5/c1-3-5-7-9-11-13-15-17-19-21-25-29-33-37-41-45-49-53-57-63(68)62(61-67)66-64(69)58-54-50-46-42-38-34-30-26-23-24-28-32-36-40-44-48-52-56-60-71-65(70)59-55-51-47-43-39-35-31-27-22-20-18-16-14-12-10-8-6-4-2/h20,22,26,30,62-63,67-68H,3-19,21,23-25,27-29,31-61H2,1-2H3,(H,66,69)/b22-20-,30-26-. The lowest BCUT2D eigenvalue weighted by Crippen LogP contribution is -2.45. The van der Waals surface area contributed by atoms with Gasteiger partial charge >= 0.3 is 5.97 Å². The van der Waals surface area contributed by atoms with Gasteiger partial charge in [-0.15, -0.1) is 0 Å². The maximum atomic E-state index is 12.5. The minimum Gasteiger partial charge on any atom is -0.466 e. The van der Waals surface area contributed by atoms with Crippen LogP contribution < -0.4 is 5.32 Å². The van der Waals surface area contributed by atoms with Gasteiger partial charge in [0.2, 0.25) is 5.91 Å². The predicted octanol–water partition coefficient (Wildman–Crippen LogP) is 20.2. The van der Waals surface area contributed by atoms with Gasteiger partial charge in [-0.3, -0.25) is 9.59 Å². The van der Waals surface area contributed by atoms with Gasteiger partial charge in [-0.1, -0.05) is 289 Å². The van der Waals surface area contributed by atoms with Crippen LogP contribution >= 0.6 is 0 Å². The first-order valence-corrected chi connectivity index (χ1v) is 32.1. The average Bonchev–Trinajstić information content (AvgIpc) is 3.37. The van der Waals surface area contributed by atoms with Gasteiger partial charge in [-0.05, 0) is 77.0 Å². The summed E-state index contributed by atoms with van der Waals surface area (Å²) in [5.74, 6) is -0.0458. The summed E-state index contributed by atoms with van der Waals surface area (Å²) in [6.45, 7) is 4.96. The lowest BCUT2D eigenvalue weighted by Gasteiger charge is -2.22. The van der Waals surface area contributed by atoms with Gasteiger partial charge in [-0.25, -0.2) is 0 Å². The van der Waals surface area contributed by atoms with E-state index < -0.39 is 12.1 Å². The van der Waals surface area contributed by atoms with Crippen LogP contribution in [0.4, 0.5) is 0 Å². The molecule has 420 valence electrons. The molecule has 2 unspecified atom stereocenters. The number of carbonyl (C=O) groups is 2. The Bertz CT molecular complexity index is 1110. The Morgan fingerprint density at radius 3 is 1.00 bits per heavy atom. The molecule has 2 atom stereocenters. The smallest absolute Gasteiger partial charge is 0.305 e. The first-order chi connectivity index (χ1) is 35.0. The molecular weight excluding hydrogens is 875 g/mol. The Morgan fingerprint density at radius 1 is 0.380 bits per heavy atom. The normalized spacial score (nSPS) is 12.7. The van der Waals surface area contributed by atoms with E-state index in [1.807, 2.05) is 0 Å². The van der Waals surface area contributed by atoms with Gasteiger partial charge in [0, 0.05) is 12.8 Å². The topological polar surface area (TPSA) is 95.9 Å². The van der Waals surface area contributed by atoms with E-state index in [-0.39, 0.29) is 18.5 Å². The van der Waals surface area contributed by atoms with Crippen molar-refractivity contribution in [1.82, 2.24) is 5.32 Å². The molecule has 0 rings (SSSR count). The summed E-state index contributed by atoms with van der Waals surface area (Å²) < 4.78 is 5.49. The molecule has 0 aliphatic rings. The van der Waals surface area contributed by atoms with Crippen molar-refractivity contribution in [2.45, 2.75) is 366 Å².